The molecule has 1 aromatic carbocycles. The van der Waals surface area contributed by atoms with E-state index in [1.54, 1.807) is 0 Å². The van der Waals surface area contributed by atoms with E-state index < -0.39 is 29.7 Å². The largest absolute Gasteiger partial charge is 0.478 e. The summed E-state index contributed by atoms with van der Waals surface area (Å²) in [7, 11) is 0. The molecule has 11 heteroatoms. The Morgan fingerprint density at radius 2 is 1.97 bits per heavy atom. The van der Waals surface area contributed by atoms with Crippen LogP contribution >= 0.6 is 0 Å². The number of carboxylic acid groups (broad SMARTS) is 1. The molecule has 0 bridgehead atoms. The number of benzene rings is 1. The van der Waals surface area contributed by atoms with E-state index in [2.05, 4.69) is 32.9 Å². The summed E-state index contributed by atoms with van der Waals surface area (Å²) in [6.45, 7) is 6.96. The molecule has 166 valence electrons. The van der Waals surface area contributed by atoms with Gasteiger partial charge in [0.15, 0.2) is 0 Å². The first-order valence-electron chi connectivity index (χ1n) is 9.83. The van der Waals surface area contributed by atoms with Crippen molar-refractivity contribution in [3.05, 3.63) is 28.8 Å². The number of anilines is 1. The first-order valence-corrected chi connectivity index (χ1v) is 9.83. The average Bonchev–Trinajstić information content (AvgIpc) is 3.17. The fraction of sp³-hybridized carbons (Fsp3) is 0.579. The van der Waals surface area contributed by atoms with Gasteiger partial charge in [0.05, 0.1) is 29.6 Å². The lowest BCUT2D eigenvalue weighted by molar-refractivity contribution is -0.138. The van der Waals surface area contributed by atoms with E-state index in [0.717, 1.165) is 32.4 Å². The number of nitrogens with zero attached hydrogens (tertiary/aromatic N) is 2. The van der Waals surface area contributed by atoms with Crippen molar-refractivity contribution < 1.29 is 27.9 Å². The molecule has 0 spiro atoms. The molecular weight excluding hydrogens is 403 g/mol. The molecule has 2 aliphatic rings. The van der Waals surface area contributed by atoms with E-state index in [9.17, 15) is 27.9 Å². The van der Waals surface area contributed by atoms with Crippen LogP contribution in [0.4, 0.5) is 18.9 Å². The first-order chi connectivity index (χ1) is 14.1. The van der Waals surface area contributed by atoms with E-state index in [1.165, 1.54) is 6.92 Å². The number of hydrogen-bond donors (Lipinski definition) is 4. The van der Waals surface area contributed by atoms with Gasteiger partial charge >= 0.3 is 12.1 Å². The van der Waals surface area contributed by atoms with Crippen LogP contribution in [0.5, 0.6) is 0 Å². The minimum atomic E-state index is -4.65. The minimum absolute atomic E-state index is 0.0522. The Labute approximate surface area is 172 Å². The van der Waals surface area contributed by atoms with Crippen molar-refractivity contribution in [2.45, 2.75) is 45.1 Å². The number of rotatable bonds is 5. The molecule has 0 aromatic heterocycles. The van der Waals surface area contributed by atoms with Crippen LogP contribution in [0.1, 0.15) is 41.3 Å². The van der Waals surface area contributed by atoms with E-state index in [-0.39, 0.29) is 23.0 Å². The first kappa shape index (κ1) is 22.5. The fourth-order valence-corrected chi connectivity index (χ4v) is 3.83. The highest BCUT2D eigenvalue weighted by Gasteiger charge is 2.35. The van der Waals surface area contributed by atoms with Crippen LogP contribution in [-0.4, -0.2) is 65.3 Å². The molecule has 2 unspecified atom stereocenters. The van der Waals surface area contributed by atoms with E-state index in [0.29, 0.717) is 18.9 Å². The number of halogens is 3. The van der Waals surface area contributed by atoms with Crippen LogP contribution in [0, 0.1) is 6.92 Å². The van der Waals surface area contributed by atoms with Crippen molar-refractivity contribution >= 4 is 17.6 Å². The number of carbonyl (C=O) groups is 2. The zero-order valence-electron chi connectivity index (χ0n) is 16.8. The number of carboxylic acids is 1. The lowest BCUT2D eigenvalue weighted by Gasteiger charge is -2.35. The second kappa shape index (κ2) is 8.88. The highest BCUT2D eigenvalue weighted by molar-refractivity contribution is 6.02. The van der Waals surface area contributed by atoms with Gasteiger partial charge in [0.25, 0.3) is 0 Å². The molecule has 2 fully saturated rings. The Morgan fingerprint density at radius 3 is 2.50 bits per heavy atom. The van der Waals surface area contributed by atoms with Crippen molar-refractivity contribution in [1.29, 1.82) is 0 Å². The number of hydrogen-bond acceptors (Lipinski definition) is 6. The van der Waals surface area contributed by atoms with Gasteiger partial charge in [0.2, 0.25) is 5.91 Å². The van der Waals surface area contributed by atoms with Gasteiger partial charge in [0, 0.05) is 13.1 Å². The van der Waals surface area contributed by atoms with Crippen molar-refractivity contribution in [3.63, 3.8) is 0 Å². The molecule has 2 aliphatic heterocycles. The molecule has 0 radical (unpaired) electrons. The van der Waals surface area contributed by atoms with Crippen molar-refractivity contribution in [1.82, 2.24) is 20.7 Å². The maximum Gasteiger partial charge on any atom is 0.416 e. The van der Waals surface area contributed by atoms with Crippen molar-refractivity contribution in [2.75, 3.05) is 31.6 Å². The Bertz CT molecular complexity index is 809. The maximum atomic E-state index is 13.2. The van der Waals surface area contributed by atoms with Gasteiger partial charge in [-0.15, -0.1) is 0 Å². The molecule has 30 heavy (non-hydrogen) atoms. The van der Waals surface area contributed by atoms with Gasteiger partial charge in [-0.05, 0) is 44.0 Å². The molecule has 2 heterocycles. The van der Waals surface area contributed by atoms with Crippen molar-refractivity contribution in [2.24, 2.45) is 0 Å². The number of nitrogens with one attached hydrogen (secondary N) is 3. The average molecular weight is 429 g/mol. The van der Waals surface area contributed by atoms with Gasteiger partial charge in [0.1, 0.15) is 6.04 Å². The molecule has 1 amide bonds. The summed E-state index contributed by atoms with van der Waals surface area (Å²) in [6, 6.07) is 0.915. The minimum Gasteiger partial charge on any atom is -0.478 e. The Hall–Kier alpha value is -2.21. The summed E-state index contributed by atoms with van der Waals surface area (Å²) in [6.07, 6.45) is -3.46. The quantitative estimate of drug-likeness (QED) is 0.567. The summed E-state index contributed by atoms with van der Waals surface area (Å²) in [5, 5.41) is 11.7. The third-order valence-corrected chi connectivity index (χ3v) is 5.60. The molecule has 1 aromatic rings. The number of carbonyl (C=O) groups excluding carboxylic acids is 1. The zero-order chi connectivity index (χ0) is 22.1. The summed E-state index contributed by atoms with van der Waals surface area (Å²) >= 11 is 0. The van der Waals surface area contributed by atoms with Crippen LogP contribution in [0.15, 0.2) is 12.1 Å². The molecular formula is C19H26F3N5O3. The summed E-state index contributed by atoms with van der Waals surface area (Å²) in [5.41, 5.74) is 4.06. The van der Waals surface area contributed by atoms with Crippen LogP contribution in [0.25, 0.3) is 0 Å². The van der Waals surface area contributed by atoms with Gasteiger partial charge in [-0.1, -0.05) is 6.92 Å². The molecule has 8 nitrogen and oxygen atoms in total. The van der Waals surface area contributed by atoms with E-state index in [4.69, 9.17) is 0 Å². The Morgan fingerprint density at radius 1 is 1.23 bits per heavy atom. The smallest absolute Gasteiger partial charge is 0.416 e. The molecule has 2 atom stereocenters. The molecule has 0 aliphatic carbocycles. The summed E-state index contributed by atoms with van der Waals surface area (Å²) < 4.78 is 39.6. The van der Waals surface area contributed by atoms with Crippen LogP contribution < -0.4 is 16.2 Å². The molecule has 0 saturated carbocycles. The number of alkyl halides is 3. The van der Waals surface area contributed by atoms with Crippen LogP contribution in [-0.2, 0) is 11.0 Å². The zero-order valence-corrected chi connectivity index (χ0v) is 16.8. The van der Waals surface area contributed by atoms with Gasteiger partial charge in [-0.3, -0.25) is 14.6 Å². The fourth-order valence-electron chi connectivity index (χ4n) is 3.83. The highest BCUT2D eigenvalue weighted by atomic mass is 19.4. The second-order valence-electron chi connectivity index (χ2n) is 7.60. The predicted molar refractivity (Wildman–Crippen MR) is 104 cm³/mol. The number of amides is 1. The Kier molecular flexibility index (Phi) is 6.65. The van der Waals surface area contributed by atoms with Crippen LogP contribution in [0.3, 0.4) is 0 Å². The SMILES string of the molecule is CCN1CCN(C2CCC(C(=O)Nc3cc(C(F)(F)F)c(C)cc3C(=O)O)NN2)C1. The van der Waals surface area contributed by atoms with Gasteiger partial charge < -0.3 is 10.4 Å². The lowest BCUT2D eigenvalue weighted by Crippen LogP contribution is -2.60. The number of likely N-dealkylation sites (N-methyl/N-ethyl adjacent to an activating group) is 1. The predicted octanol–water partition coefficient (Wildman–Crippen LogP) is 1.83. The molecule has 2 saturated heterocycles. The van der Waals surface area contributed by atoms with E-state index >= 15 is 0 Å². The third-order valence-electron chi connectivity index (χ3n) is 5.60. The molecule has 3 rings (SSSR count). The number of aryl methyl sites for hydroxylation is 1. The Balaban J connectivity index is 1.67. The van der Waals surface area contributed by atoms with Crippen molar-refractivity contribution in [3.8, 4) is 0 Å². The number of hydrazine groups is 1. The molecule has 4 N–H and O–H groups in total. The second-order valence-corrected chi connectivity index (χ2v) is 7.60. The standard InChI is InChI=1S/C19H26F3N5O3/c1-3-26-6-7-27(10-26)16-5-4-14(24-25-16)17(28)23-15-9-13(19(20,21)22)11(2)8-12(15)18(29)30/h8-9,14,16,24-25H,3-7,10H2,1-2H3,(H,23,28)(H,29,30). The normalized spacial score (nSPS) is 23.5. The summed E-state index contributed by atoms with van der Waals surface area (Å²) in [4.78, 5) is 28.6. The lowest BCUT2D eigenvalue weighted by atomic mass is 10.0. The third kappa shape index (κ3) is 4.91. The monoisotopic (exact) mass is 429 g/mol. The number of aromatic carboxylic acids is 1. The van der Waals surface area contributed by atoms with Gasteiger partial charge in [-0.2, -0.15) is 13.2 Å². The highest BCUT2D eigenvalue weighted by Crippen LogP contribution is 2.35. The maximum absolute atomic E-state index is 13.2. The topological polar surface area (TPSA) is 96.9 Å². The van der Waals surface area contributed by atoms with E-state index in [1.807, 2.05) is 0 Å². The summed E-state index contributed by atoms with van der Waals surface area (Å²) in [5.74, 6) is -2.00. The van der Waals surface area contributed by atoms with Crippen LogP contribution in [0.2, 0.25) is 0 Å². The van der Waals surface area contributed by atoms with Gasteiger partial charge in [-0.25, -0.2) is 15.6 Å².